The number of carbonyl (C=O) groups excluding carboxylic acids is 1. The number of fused-ring (bicyclic) bond motifs is 1. The van der Waals surface area contributed by atoms with Crippen molar-refractivity contribution in [3.8, 4) is 17.2 Å². The summed E-state index contributed by atoms with van der Waals surface area (Å²) in [7, 11) is 3.16. The Morgan fingerprint density at radius 3 is 2.44 bits per heavy atom. The molecule has 27 heavy (non-hydrogen) atoms. The lowest BCUT2D eigenvalue weighted by Crippen LogP contribution is -2.08. The Morgan fingerprint density at radius 2 is 1.74 bits per heavy atom. The largest absolute Gasteiger partial charge is 0.493 e. The predicted molar refractivity (Wildman–Crippen MR) is 101 cm³/mol. The van der Waals surface area contributed by atoms with Crippen molar-refractivity contribution < 1.29 is 23.7 Å². The van der Waals surface area contributed by atoms with Crippen LogP contribution in [0.1, 0.15) is 18.1 Å². The molecule has 4 rings (SSSR count). The topological polar surface area (TPSA) is 66.4 Å². The molecule has 0 fully saturated rings. The van der Waals surface area contributed by atoms with Crippen LogP contribution in [0.25, 0.3) is 11.3 Å². The van der Waals surface area contributed by atoms with Gasteiger partial charge in [-0.2, -0.15) is 0 Å². The number of carbonyl (C=O) groups is 1. The molecule has 0 amide bonds. The summed E-state index contributed by atoms with van der Waals surface area (Å²) in [5.74, 6) is 2.28. The van der Waals surface area contributed by atoms with Gasteiger partial charge in [0, 0.05) is 23.6 Å². The fourth-order valence-corrected chi connectivity index (χ4v) is 3.04. The number of methoxy groups -OCH3 is 2. The van der Waals surface area contributed by atoms with Gasteiger partial charge in [-0.1, -0.05) is 18.2 Å². The summed E-state index contributed by atoms with van der Waals surface area (Å²) in [4.78, 5) is 16.5. The fourth-order valence-electron chi connectivity index (χ4n) is 3.04. The van der Waals surface area contributed by atoms with Gasteiger partial charge in [-0.05, 0) is 30.3 Å². The molecule has 0 N–H and O–H groups in total. The van der Waals surface area contributed by atoms with Gasteiger partial charge in [0.1, 0.15) is 11.5 Å². The highest BCUT2D eigenvalue weighted by Crippen LogP contribution is 2.41. The van der Waals surface area contributed by atoms with Crippen molar-refractivity contribution in [3.05, 3.63) is 65.4 Å². The minimum absolute atomic E-state index is 0.265. The quantitative estimate of drug-likeness (QED) is 0.613. The normalized spacial score (nSPS) is 18.1. The van der Waals surface area contributed by atoms with Crippen LogP contribution in [0.5, 0.6) is 17.2 Å². The lowest BCUT2D eigenvalue weighted by atomic mass is 9.97. The molecular formula is C21H17NO5. The van der Waals surface area contributed by atoms with Gasteiger partial charge >= 0.3 is 5.97 Å². The third kappa shape index (κ3) is 2.95. The van der Waals surface area contributed by atoms with Crippen LogP contribution < -0.4 is 14.2 Å². The number of cyclic esters (lactones) is 1. The third-order valence-electron chi connectivity index (χ3n) is 4.30. The maximum absolute atomic E-state index is 12.2. The van der Waals surface area contributed by atoms with Crippen LogP contribution in [0, 0.1) is 0 Å². The molecule has 6 heteroatoms. The van der Waals surface area contributed by atoms with E-state index in [1.807, 2.05) is 36.4 Å². The Morgan fingerprint density at radius 1 is 0.963 bits per heavy atom. The van der Waals surface area contributed by atoms with Crippen molar-refractivity contribution in [2.75, 3.05) is 14.2 Å². The molecule has 0 saturated heterocycles. The summed E-state index contributed by atoms with van der Waals surface area (Å²) >= 11 is 0. The Bertz CT molecular complexity index is 1030. The average molecular weight is 363 g/mol. The monoisotopic (exact) mass is 363 g/mol. The second-order valence-electron chi connectivity index (χ2n) is 5.96. The van der Waals surface area contributed by atoms with Gasteiger partial charge in [0.05, 0.1) is 14.2 Å². The molecular weight excluding hydrogens is 346 g/mol. The van der Waals surface area contributed by atoms with E-state index in [1.54, 1.807) is 33.3 Å². The van der Waals surface area contributed by atoms with Gasteiger partial charge in [0.25, 0.3) is 0 Å². The van der Waals surface area contributed by atoms with E-state index < -0.39 is 5.97 Å². The van der Waals surface area contributed by atoms with Crippen LogP contribution in [-0.4, -0.2) is 26.1 Å². The molecule has 136 valence electrons. The van der Waals surface area contributed by atoms with Crippen molar-refractivity contribution in [1.29, 1.82) is 0 Å². The average Bonchev–Trinajstić information content (AvgIpc) is 3.04. The number of para-hydroxylation sites is 1. The number of ether oxygens (including phenoxy) is 4. The lowest BCUT2D eigenvalue weighted by molar-refractivity contribution is -0.130. The first kappa shape index (κ1) is 16.9. The fraction of sp³-hybridized carbons (Fsp3) is 0.143. The van der Waals surface area contributed by atoms with Crippen molar-refractivity contribution in [1.82, 2.24) is 0 Å². The summed E-state index contributed by atoms with van der Waals surface area (Å²) in [6.45, 7) is 1.65. The SMILES string of the molecule is COc1ccc(C2=C/C(=C3/N=C(C)OC3=O)c3ccccc3O2)cc1OC. The first-order valence-electron chi connectivity index (χ1n) is 8.34. The van der Waals surface area contributed by atoms with Gasteiger partial charge in [0.15, 0.2) is 23.1 Å². The maximum Gasteiger partial charge on any atom is 0.364 e. The summed E-state index contributed by atoms with van der Waals surface area (Å²) in [5.41, 5.74) is 2.49. The van der Waals surface area contributed by atoms with Crippen molar-refractivity contribution in [3.63, 3.8) is 0 Å². The van der Waals surface area contributed by atoms with Crippen molar-refractivity contribution in [2.24, 2.45) is 4.99 Å². The number of rotatable bonds is 3. The van der Waals surface area contributed by atoms with Crippen LogP contribution in [0.15, 0.2) is 59.2 Å². The second-order valence-corrected chi connectivity index (χ2v) is 5.96. The molecule has 2 aromatic rings. The molecule has 2 heterocycles. The minimum Gasteiger partial charge on any atom is -0.493 e. The Kier molecular flexibility index (Phi) is 4.16. The molecule has 0 atom stereocenters. The molecule has 0 spiro atoms. The molecule has 0 bridgehead atoms. The van der Waals surface area contributed by atoms with Crippen LogP contribution in [0.4, 0.5) is 0 Å². The van der Waals surface area contributed by atoms with Gasteiger partial charge in [-0.15, -0.1) is 0 Å². The zero-order valence-corrected chi connectivity index (χ0v) is 15.1. The van der Waals surface area contributed by atoms with E-state index in [0.29, 0.717) is 34.5 Å². The number of benzene rings is 2. The third-order valence-corrected chi connectivity index (χ3v) is 4.30. The summed E-state index contributed by atoms with van der Waals surface area (Å²) in [6, 6.07) is 13.0. The van der Waals surface area contributed by atoms with E-state index in [2.05, 4.69) is 4.99 Å². The first-order chi connectivity index (χ1) is 13.1. The number of hydrogen-bond donors (Lipinski definition) is 0. The van der Waals surface area contributed by atoms with E-state index in [9.17, 15) is 4.79 Å². The highest BCUT2D eigenvalue weighted by atomic mass is 16.6. The number of aliphatic imine (C=N–C) groups is 1. The Balaban J connectivity index is 1.89. The molecule has 2 aromatic carbocycles. The van der Waals surface area contributed by atoms with Gasteiger partial charge in [-0.3, -0.25) is 0 Å². The summed E-state index contributed by atoms with van der Waals surface area (Å²) in [5, 5.41) is 0. The van der Waals surface area contributed by atoms with E-state index in [4.69, 9.17) is 18.9 Å². The molecule has 2 aliphatic heterocycles. The van der Waals surface area contributed by atoms with Crippen molar-refractivity contribution >= 4 is 23.2 Å². The van der Waals surface area contributed by atoms with Crippen LogP contribution in [0.2, 0.25) is 0 Å². The minimum atomic E-state index is -0.470. The molecule has 6 nitrogen and oxygen atoms in total. The van der Waals surface area contributed by atoms with Crippen molar-refractivity contribution in [2.45, 2.75) is 6.92 Å². The van der Waals surface area contributed by atoms with E-state index in [-0.39, 0.29) is 5.70 Å². The van der Waals surface area contributed by atoms with E-state index in [0.717, 1.165) is 11.1 Å². The predicted octanol–water partition coefficient (Wildman–Crippen LogP) is 3.82. The van der Waals surface area contributed by atoms with Crippen LogP contribution in [-0.2, 0) is 9.53 Å². The first-order valence-corrected chi connectivity index (χ1v) is 8.34. The molecule has 0 radical (unpaired) electrons. The summed E-state index contributed by atoms with van der Waals surface area (Å²) in [6.07, 6.45) is 1.79. The van der Waals surface area contributed by atoms with E-state index in [1.165, 1.54) is 0 Å². The molecule has 0 saturated carbocycles. The Hall–Kier alpha value is -3.54. The Labute approximate surface area is 156 Å². The van der Waals surface area contributed by atoms with Gasteiger partial charge in [-0.25, -0.2) is 9.79 Å². The molecule has 2 aliphatic rings. The lowest BCUT2D eigenvalue weighted by Gasteiger charge is -2.21. The summed E-state index contributed by atoms with van der Waals surface area (Å²) < 4.78 is 21.8. The standard InChI is InChI=1S/C21H17NO5/c1-12-22-20(21(23)26-12)15-11-18(27-16-7-5-4-6-14(15)16)13-8-9-17(24-2)19(10-13)25-3/h4-11H,1-3H3/b20-15-. The van der Waals surface area contributed by atoms with Gasteiger partial charge in [0.2, 0.25) is 0 Å². The smallest absolute Gasteiger partial charge is 0.364 e. The number of allylic oxidation sites excluding steroid dienone is 2. The van der Waals surface area contributed by atoms with Gasteiger partial charge < -0.3 is 18.9 Å². The van der Waals surface area contributed by atoms with Crippen LogP contribution >= 0.6 is 0 Å². The second kappa shape index (κ2) is 6.64. The number of hydrogen-bond acceptors (Lipinski definition) is 6. The maximum atomic E-state index is 12.2. The van der Waals surface area contributed by atoms with E-state index >= 15 is 0 Å². The highest BCUT2D eigenvalue weighted by Gasteiger charge is 2.28. The molecule has 0 aliphatic carbocycles. The molecule has 0 unspecified atom stereocenters. The zero-order valence-electron chi connectivity index (χ0n) is 15.1. The number of nitrogens with zero attached hydrogens (tertiary/aromatic N) is 1. The van der Waals surface area contributed by atoms with Crippen LogP contribution in [0.3, 0.4) is 0 Å². The molecule has 0 aromatic heterocycles. The highest BCUT2D eigenvalue weighted by molar-refractivity contribution is 6.11. The zero-order chi connectivity index (χ0) is 19.0. The number of esters is 1.